The lowest BCUT2D eigenvalue weighted by Gasteiger charge is -2.08. The molecule has 3 rings (SSSR count). The molecule has 0 bridgehead atoms. The molecule has 0 saturated carbocycles. The summed E-state index contributed by atoms with van der Waals surface area (Å²) in [5.74, 6) is -0.556. The Morgan fingerprint density at radius 3 is 1.41 bits per heavy atom. The van der Waals surface area contributed by atoms with Gasteiger partial charge in [-0.1, -0.05) is 24.3 Å². The van der Waals surface area contributed by atoms with Gasteiger partial charge in [-0.2, -0.15) is 0 Å². The summed E-state index contributed by atoms with van der Waals surface area (Å²) in [6.07, 6.45) is 0. The van der Waals surface area contributed by atoms with E-state index in [1.54, 1.807) is 31.3 Å². The number of carbonyl (C=O) groups excluding carboxylic acids is 3. The molecule has 0 saturated heterocycles. The van der Waals surface area contributed by atoms with Gasteiger partial charge in [-0.3, -0.25) is 14.4 Å². The number of rotatable bonds is 5. The van der Waals surface area contributed by atoms with Crippen molar-refractivity contribution in [3.05, 3.63) is 83.9 Å². The van der Waals surface area contributed by atoms with E-state index in [-0.39, 0.29) is 17.7 Å². The average molecular weight is 387 g/mol. The Kier molecular flexibility index (Phi) is 6.04. The van der Waals surface area contributed by atoms with Gasteiger partial charge in [0.25, 0.3) is 11.8 Å². The third-order valence-corrected chi connectivity index (χ3v) is 4.32. The number of anilines is 2. The minimum atomic E-state index is -0.249. The van der Waals surface area contributed by atoms with Gasteiger partial charge in [0.05, 0.1) is 0 Å². The van der Waals surface area contributed by atoms with Crippen LogP contribution in [0.2, 0.25) is 0 Å². The highest BCUT2D eigenvalue weighted by Crippen LogP contribution is 2.23. The molecule has 6 nitrogen and oxygen atoms in total. The molecule has 0 aliphatic rings. The zero-order valence-electron chi connectivity index (χ0n) is 16.2. The van der Waals surface area contributed by atoms with Crippen LogP contribution in [0.25, 0.3) is 11.1 Å². The Hall–Kier alpha value is -3.93. The van der Waals surface area contributed by atoms with Crippen LogP contribution in [0.5, 0.6) is 0 Å². The number of nitrogens with one attached hydrogen (secondary N) is 3. The molecule has 0 aromatic heterocycles. The van der Waals surface area contributed by atoms with E-state index in [2.05, 4.69) is 16.0 Å². The Balaban J connectivity index is 1.66. The number of benzene rings is 3. The molecule has 3 aromatic carbocycles. The Morgan fingerprint density at radius 2 is 1.00 bits per heavy atom. The van der Waals surface area contributed by atoms with Crippen molar-refractivity contribution in [3.63, 3.8) is 0 Å². The van der Waals surface area contributed by atoms with Crippen molar-refractivity contribution in [2.45, 2.75) is 6.92 Å². The van der Waals surface area contributed by atoms with Gasteiger partial charge in [0, 0.05) is 36.5 Å². The van der Waals surface area contributed by atoms with Crippen LogP contribution in [0.4, 0.5) is 11.4 Å². The van der Waals surface area contributed by atoms with E-state index in [0.717, 1.165) is 16.8 Å². The van der Waals surface area contributed by atoms with E-state index in [1.807, 2.05) is 48.5 Å². The lowest BCUT2D eigenvalue weighted by atomic mass is 10.0. The van der Waals surface area contributed by atoms with Crippen LogP contribution in [-0.2, 0) is 4.79 Å². The summed E-state index contributed by atoms with van der Waals surface area (Å²) < 4.78 is 0. The molecule has 0 aliphatic carbocycles. The second-order valence-electron chi connectivity index (χ2n) is 6.45. The fourth-order valence-electron chi connectivity index (χ4n) is 2.82. The number of carbonyl (C=O) groups is 3. The SMILES string of the molecule is CNC(=O)c1ccc(C(=O)Nc2ccc(-c3ccc(NC(C)=O)cc3)cc2)cc1. The molecule has 0 spiro atoms. The molecule has 0 aliphatic heterocycles. The van der Waals surface area contributed by atoms with Gasteiger partial charge < -0.3 is 16.0 Å². The summed E-state index contributed by atoms with van der Waals surface area (Å²) in [4.78, 5) is 35.1. The predicted octanol–water partition coefficient (Wildman–Crippen LogP) is 3.92. The molecule has 29 heavy (non-hydrogen) atoms. The molecule has 0 heterocycles. The molecule has 6 heteroatoms. The van der Waals surface area contributed by atoms with Crippen molar-refractivity contribution in [2.75, 3.05) is 17.7 Å². The summed E-state index contributed by atoms with van der Waals surface area (Å²) in [7, 11) is 1.56. The minimum absolute atomic E-state index is 0.110. The molecule has 146 valence electrons. The number of hydrogen-bond acceptors (Lipinski definition) is 3. The quantitative estimate of drug-likeness (QED) is 0.620. The second kappa shape index (κ2) is 8.84. The predicted molar refractivity (Wildman–Crippen MR) is 114 cm³/mol. The Morgan fingerprint density at radius 1 is 0.586 bits per heavy atom. The maximum absolute atomic E-state index is 12.4. The first-order valence-electron chi connectivity index (χ1n) is 9.08. The highest BCUT2D eigenvalue weighted by Gasteiger charge is 2.09. The van der Waals surface area contributed by atoms with E-state index in [0.29, 0.717) is 16.8 Å². The average Bonchev–Trinajstić information content (AvgIpc) is 2.74. The van der Waals surface area contributed by atoms with Gasteiger partial charge >= 0.3 is 0 Å². The summed E-state index contributed by atoms with van der Waals surface area (Å²) in [6.45, 7) is 1.47. The minimum Gasteiger partial charge on any atom is -0.355 e. The van der Waals surface area contributed by atoms with Crippen LogP contribution in [0.1, 0.15) is 27.6 Å². The van der Waals surface area contributed by atoms with E-state index in [4.69, 9.17) is 0 Å². The zero-order chi connectivity index (χ0) is 20.8. The standard InChI is InChI=1S/C23H21N3O3/c1-15(27)25-20-11-7-16(8-12-20)17-9-13-21(14-10-17)26-23(29)19-5-3-18(4-6-19)22(28)24-2/h3-14H,1-2H3,(H,24,28)(H,25,27)(H,26,29). The molecule has 0 radical (unpaired) electrons. The van der Waals surface area contributed by atoms with Crippen molar-refractivity contribution < 1.29 is 14.4 Å². The fraction of sp³-hybridized carbons (Fsp3) is 0.0870. The fourth-order valence-corrected chi connectivity index (χ4v) is 2.82. The van der Waals surface area contributed by atoms with Gasteiger partial charge in [0.2, 0.25) is 5.91 Å². The highest BCUT2D eigenvalue weighted by atomic mass is 16.2. The Bertz CT molecular complexity index is 1020. The molecule has 3 aromatic rings. The van der Waals surface area contributed by atoms with Crippen LogP contribution in [-0.4, -0.2) is 24.8 Å². The van der Waals surface area contributed by atoms with E-state index < -0.39 is 0 Å². The molecule has 3 amide bonds. The topological polar surface area (TPSA) is 87.3 Å². The van der Waals surface area contributed by atoms with Crippen molar-refractivity contribution in [3.8, 4) is 11.1 Å². The third-order valence-electron chi connectivity index (χ3n) is 4.32. The lowest BCUT2D eigenvalue weighted by Crippen LogP contribution is -2.18. The second-order valence-corrected chi connectivity index (χ2v) is 6.45. The third kappa shape index (κ3) is 5.07. The number of hydrogen-bond donors (Lipinski definition) is 3. The summed E-state index contributed by atoms with van der Waals surface area (Å²) in [6, 6.07) is 21.5. The number of amides is 3. The van der Waals surface area contributed by atoms with E-state index in [1.165, 1.54) is 6.92 Å². The molecular weight excluding hydrogens is 366 g/mol. The van der Waals surface area contributed by atoms with Crippen LogP contribution in [0.15, 0.2) is 72.8 Å². The van der Waals surface area contributed by atoms with Crippen molar-refractivity contribution in [1.82, 2.24) is 5.32 Å². The molecule has 3 N–H and O–H groups in total. The molecular formula is C23H21N3O3. The normalized spacial score (nSPS) is 10.1. The monoisotopic (exact) mass is 387 g/mol. The smallest absolute Gasteiger partial charge is 0.255 e. The first-order valence-corrected chi connectivity index (χ1v) is 9.08. The van der Waals surface area contributed by atoms with Crippen LogP contribution in [0.3, 0.4) is 0 Å². The first kappa shape index (κ1) is 19.8. The van der Waals surface area contributed by atoms with Gasteiger partial charge in [0.1, 0.15) is 0 Å². The van der Waals surface area contributed by atoms with Crippen molar-refractivity contribution in [1.29, 1.82) is 0 Å². The Labute approximate surface area is 169 Å². The van der Waals surface area contributed by atoms with Gasteiger partial charge in [0.15, 0.2) is 0 Å². The molecule has 0 unspecified atom stereocenters. The van der Waals surface area contributed by atoms with Crippen LogP contribution < -0.4 is 16.0 Å². The van der Waals surface area contributed by atoms with Crippen molar-refractivity contribution >= 4 is 29.1 Å². The summed E-state index contributed by atoms with van der Waals surface area (Å²) in [5.41, 5.74) is 4.37. The lowest BCUT2D eigenvalue weighted by molar-refractivity contribution is -0.114. The van der Waals surface area contributed by atoms with Crippen LogP contribution >= 0.6 is 0 Å². The van der Waals surface area contributed by atoms with Gasteiger partial charge in [-0.15, -0.1) is 0 Å². The van der Waals surface area contributed by atoms with Gasteiger partial charge in [-0.05, 0) is 59.7 Å². The van der Waals surface area contributed by atoms with E-state index >= 15 is 0 Å². The maximum atomic E-state index is 12.4. The first-order chi connectivity index (χ1) is 14.0. The van der Waals surface area contributed by atoms with Gasteiger partial charge in [-0.25, -0.2) is 0 Å². The molecule has 0 fully saturated rings. The van der Waals surface area contributed by atoms with Crippen LogP contribution in [0, 0.1) is 0 Å². The van der Waals surface area contributed by atoms with Crippen molar-refractivity contribution in [2.24, 2.45) is 0 Å². The summed E-state index contributed by atoms with van der Waals surface area (Å²) >= 11 is 0. The summed E-state index contributed by atoms with van der Waals surface area (Å²) in [5, 5.41) is 8.12. The zero-order valence-corrected chi connectivity index (χ0v) is 16.2. The molecule has 0 atom stereocenters. The largest absolute Gasteiger partial charge is 0.355 e. The highest BCUT2D eigenvalue weighted by molar-refractivity contribution is 6.05. The maximum Gasteiger partial charge on any atom is 0.255 e. The van der Waals surface area contributed by atoms with E-state index in [9.17, 15) is 14.4 Å².